The molecule has 3 nitrogen and oxygen atoms in total. The number of benzene rings is 1. The van der Waals surface area contributed by atoms with E-state index in [2.05, 4.69) is 62.6 Å². The predicted molar refractivity (Wildman–Crippen MR) is 85.5 cm³/mol. The summed E-state index contributed by atoms with van der Waals surface area (Å²) in [5.41, 5.74) is 2.79. The number of rotatable bonds is 4. The topological polar surface area (TPSA) is 33.3 Å². The number of hydrogen-bond donors (Lipinski definition) is 2. The maximum absolute atomic E-state index is 5.50. The first-order valence-electron chi connectivity index (χ1n) is 7.63. The van der Waals surface area contributed by atoms with Gasteiger partial charge in [-0.05, 0) is 36.5 Å². The molecule has 2 atom stereocenters. The maximum atomic E-state index is 5.50. The van der Waals surface area contributed by atoms with Gasteiger partial charge in [0.1, 0.15) is 0 Å². The molecule has 3 heteroatoms. The Hall–Kier alpha value is -1.06. The zero-order valence-electron chi connectivity index (χ0n) is 13.2. The number of morpholine rings is 1. The van der Waals surface area contributed by atoms with E-state index >= 15 is 0 Å². The first-order chi connectivity index (χ1) is 9.45. The Balaban J connectivity index is 1.86. The molecule has 2 rings (SSSR count). The smallest absolute Gasteiger partial charge is 0.0621 e. The Morgan fingerprint density at radius 2 is 2.00 bits per heavy atom. The zero-order chi connectivity index (χ0) is 14.6. The van der Waals surface area contributed by atoms with Crippen LogP contribution in [0.3, 0.4) is 0 Å². The van der Waals surface area contributed by atoms with Gasteiger partial charge in [-0.15, -0.1) is 0 Å². The van der Waals surface area contributed by atoms with Crippen LogP contribution in [-0.2, 0) is 10.2 Å². The van der Waals surface area contributed by atoms with Crippen molar-refractivity contribution in [2.45, 2.75) is 51.6 Å². The Morgan fingerprint density at radius 3 is 2.55 bits per heavy atom. The van der Waals surface area contributed by atoms with E-state index < -0.39 is 0 Å². The monoisotopic (exact) mass is 276 g/mol. The minimum atomic E-state index is 0.216. The van der Waals surface area contributed by atoms with Gasteiger partial charge >= 0.3 is 0 Å². The Bertz CT molecular complexity index is 402. The van der Waals surface area contributed by atoms with E-state index in [0.717, 1.165) is 26.2 Å². The van der Waals surface area contributed by atoms with E-state index in [1.165, 1.54) is 11.3 Å². The van der Waals surface area contributed by atoms with Gasteiger partial charge in [0.25, 0.3) is 0 Å². The van der Waals surface area contributed by atoms with Gasteiger partial charge in [0.15, 0.2) is 0 Å². The molecule has 20 heavy (non-hydrogen) atoms. The van der Waals surface area contributed by atoms with Crippen LogP contribution in [0.15, 0.2) is 24.3 Å². The molecule has 1 fully saturated rings. The van der Waals surface area contributed by atoms with E-state index in [1.54, 1.807) is 0 Å². The molecular formula is C17H28N2O. The lowest BCUT2D eigenvalue weighted by atomic mass is 9.87. The molecule has 1 aromatic rings. The molecule has 2 N–H and O–H groups in total. The number of anilines is 1. The number of nitrogens with one attached hydrogen (secondary N) is 2. The van der Waals surface area contributed by atoms with Gasteiger partial charge in [-0.25, -0.2) is 0 Å². The first kappa shape index (κ1) is 15.3. The van der Waals surface area contributed by atoms with Crippen molar-refractivity contribution in [3.8, 4) is 0 Å². The van der Waals surface area contributed by atoms with Crippen LogP contribution in [-0.4, -0.2) is 31.8 Å². The summed E-state index contributed by atoms with van der Waals surface area (Å²) in [5.74, 6) is 0. The van der Waals surface area contributed by atoms with Crippen LogP contribution < -0.4 is 10.6 Å². The Morgan fingerprint density at radius 1 is 1.30 bits per heavy atom. The summed E-state index contributed by atoms with van der Waals surface area (Å²) in [4.78, 5) is 0. The Labute approximate surface area is 123 Å². The molecule has 1 aromatic carbocycles. The summed E-state index contributed by atoms with van der Waals surface area (Å²) in [6.07, 6.45) is 1.08. The second-order valence-corrected chi connectivity index (χ2v) is 6.83. The highest BCUT2D eigenvalue weighted by Crippen LogP contribution is 2.23. The van der Waals surface area contributed by atoms with Gasteiger partial charge in [-0.2, -0.15) is 0 Å². The van der Waals surface area contributed by atoms with Gasteiger partial charge in [-0.1, -0.05) is 32.9 Å². The third kappa shape index (κ3) is 4.50. The summed E-state index contributed by atoms with van der Waals surface area (Å²) < 4.78 is 5.50. The van der Waals surface area contributed by atoms with E-state index in [0.29, 0.717) is 12.1 Å². The lowest BCUT2D eigenvalue weighted by Gasteiger charge is -2.27. The largest absolute Gasteiger partial charge is 0.383 e. The lowest BCUT2D eigenvalue weighted by Crippen LogP contribution is -2.43. The molecule has 1 aliphatic rings. The van der Waals surface area contributed by atoms with Crippen LogP contribution in [0.4, 0.5) is 5.69 Å². The molecule has 0 aromatic heterocycles. The third-order valence-corrected chi connectivity index (χ3v) is 3.80. The van der Waals surface area contributed by atoms with E-state index in [-0.39, 0.29) is 5.41 Å². The molecule has 0 radical (unpaired) electrons. The fourth-order valence-electron chi connectivity index (χ4n) is 2.61. The fourth-order valence-corrected chi connectivity index (χ4v) is 2.61. The van der Waals surface area contributed by atoms with Crippen molar-refractivity contribution in [2.75, 3.05) is 25.1 Å². The van der Waals surface area contributed by atoms with Crippen LogP contribution in [0.2, 0.25) is 0 Å². The van der Waals surface area contributed by atoms with E-state index in [1.807, 2.05) is 0 Å². The van der Waals surface area contributed by atoms with Gasteiger partial charge in [0, 0.05) is 24.3 Å². The van der Waals surface area contributed by atoms with Crippen molar-refractivity contribution in [3.63, 3.8) is 0 Å². The van der Waals surface area contributed by atoms with Gasteiger partial charge in [0.2, 0.25) is 0 Å². The molecule has 0 aliphatic carbocycles. The minimum Gasteiger partial charge on any atom is -0.383 e. The highest BCUT2D eigenvalue weighted by molar-refractivity contribution is 5.46. The number of ether oxygens (including phenoxy) is 1. The molecular weight excluding hydrogens is 248 g/mol. The molecule has 1 heterocycles. The van der Waals surface area contributed by atoms with E-state index in [9.17, 15) is 0 Å². The van der Waals surface area contributed by atoms with Crippen LogP contribution >= 0.6 is 0 Å². The van der Waals surface area contributed by atoms with Gasteiger partial charge in [0.05, 0.1) is 13.2 Å². The van der Waals surface area contributed by atoms with Crippen molar-refractivity contribution >= 4 is 5.69 Å². The standard InChI is InChI=1S/C17H28N2O/c1-13(11-16-12-20-10-9-18-16)19-15-7-5-14(6-8-15)17(2,3)4/h5-8,13,16,18-19H,9-12H2,1-4H3. The SMILES string of the molecule is CC(CC1COCCN1)Nc1ccc(C(C)(C)C)cc1. The van der Waals surface area contributed by atoms with Crippen molar-refractivity contribution in [2.24, 2.45) is 0 Å². The molecule has 0 bridgehead atoms. The van der Waals surface area contributed by atoms with Crippen molar-refractivity contribution in [1.82, 2.24) is 5.32 Å². The van der Waals surface area contributed by atoms with Crippen molar-refractivity contribution in [3.05, 3.63) is 29.8 Å². The summed E-state index contributed by atoms with van der Waals surface area (Å²) >= 11 is 0. The van der Waals surface area contributed by atoms with Crippen LogP contribution in [0.25, 0.3) is 0 Å². The average molecular weight is 276 g/mol. The van der Waals surface area contributed by atoms with Crippen LogP contribution in [0, 0.1) is 0 Å². The summed E-state index contributed by atoms with van der Waals surface area (Å²) in [6.45, 7) is 11.6. The van der Waals surface area contributed by atoms with Crippen molar-refractivity contribution < 1.29 is 4.74 Å². The van der Waals surface area contributed by atoms with Gasteiger partial charge < -0.3 is 15.4 Å². The third-order valence-electron chi connectivity index (χ3n) is 3.80. The van der Waals surface area contributed by atoms with Crippen LogP contribution in [0.5, 0.6) is 0 Å². The highest BCUT2D eigenvalue weighted by atomic mass is 16.5. The van der Waals surface area contributed by atoms with Crippen molar-refractivity contribution in [1.29, 1.82) is 0 Å². The summed E-state index contributed by atoms with van der Waals surface area (Å²) in [7, 11) is 0. The quantitative estimate of drug-likeness (QED) is 0.886. The van der Waals surface area contributed by atoms with E-state index in [4.69, 9.17) is 4.74 Å². The molecule has 1 aliphatic heterocycles. The fraction of sp³-hybridized carbons (Fsp3) is 0.647. The average Bonchev–Trinajstić information content (AvgIpc) is 2.39. The maximum Gasteiger partial charge on any atom is 0.0621 e. The molecule has 1 saturated heterocycles. The molecule has 0 saturated carbocycles. The molecule has 0 spiro atoms. The second kappa shape index (κ2) is 6.59. The lowest BCUT2D eigenvalue weighted by molar-refractivity contribution is 0.0731. The number of hydrogen-bond acceptors (Lipinski definition) is 3. The second-order valence-electron chi connectivity index (χ2n) is 6.83. The predicted octanol–water partition coefficient (Wildman–Crippen LogP) is 3.16. The first-order valence-corrected chi connectivity index (χ1v) is 7.63. The summed E-state index contributed by atoms with van der Waals surface area (Å²) in [5, 5.41) is 7.07. The van der Waals surface area contributed by atoms with Gasteiger partial charge in [-0.3, -0.25) is 0 Å². The molecule has 112 valence electrons. The summed E-state index contributed by atoms with van der Waals surface area (Å²) in [6, 6.07) is 9.72. The highest BCUT2D eigenvalue weighted by Gasteiger charge is 2.16. The minimum absolute atomic E-state index is 0.216. The Kier molecular flexibility index (Phi) is 5.06. The zero-order valence-corrected chi connectivity index (χ0v) is 13.2. The molecule has 2 unspecified atom stereocenters. The normalized spacial score (nSPS) is 21.5. The molecule has 0 amide bonds. The van der Waals surface area contributed by atoms with Crippen LogP contribution in [0.1, 0.15) is 39.7 Å².